The molecule has 2 heteroatoms. The second kappa shape index (κ2) is 9.96. The molecule has 1 fully saturated rings. The van der Waals surface area contributed by atoms with Crippen molar-refractivity contribution in [3.8, 4) is 17.6 Å². The zero-order chi connectivity index (χ0) is 19.7. The third-order valence-electron chi connectivity index (χ3n) is 5.45. The van der Waals surface area contributed by atoms with Crippen LogP contribution in [0.2, 0.25) is 0 Å². The van der Waals surface area contributed by atoms with E-state index in [0.29, 0.717) is 18.8 Å². The molecule has 146 valence electrons. The molecule has 0 aromatic heterocycles. The van der Waals surface area contributed by atoms with Crippen LogP contribution in [0.4, 0.5) is 0 Å². The Bertz CT molecular complexity index is 929. The first-order valence-electron chi connectivity index (χ1n) is 10.3. The lowest BCUT2D eigenvalue weighted by atomic mass is 9.83. The Morgan fingerprint density at radius 2 is 1.24 bits per heavy atom. The van der Waals surface area contributed by atoms with E-state index in [1.807, 2.05) is 54.6 Å². The largest absolute Gasteiger partial charge is 0.468 e. The minimum atomic E-state index is 0.297. The fourth-order valence-electron chi connectivity index (χ4n) is 3.79. The molecule has 2 nitrogen and oxygen atoms in total. The summed E-state index contributed by atoms with van der Waals surface area (Å²) < 4.78 is 11.7. The maximum absolute atomic E-state index is 5.96. The third kappa shape index (κ3) is 5.73. The van der Waals surface area contributed by atoms with Gasteiger partial charge in [-0.15, -0.1) is 0 Å². The molecular formula is C27H26O2. The summed E-state index contributed by atoms with van der Waals surface area (Å²) in [4.78, 5) is 0. The van der Waals surface area contributed by atoms with Gasteiger partial charge in [-0.25, -0.2) is 0 Å². The number of rotatable bonds is 5. The maximum atomic E-state index is 5.96. The quantitative estimate of drug-likeness (QED) is 0.388. The van der Waals surface area contributed by atoms with Gasteiger partial charge >= 0.3 is 0 Å². The molecule has 0 bridgehead atoms. The molecular weight excluding hydrogens is 356 g/mol. The molecule has 1 aliphatic rings. The van der Waals surface area contributed by atoms with Crippen molar-refractivity contribution in [1.82, 2.24) is 0 Å². The highest BCUT2D eigenvalue weighted by Gasteiger charge is 2.22. The van der Waals surface area contributed by atoms with Crippen LogP contribution in [0.15, 0.2) is 84.9 Å². The highest BCUT2D eigenvalue weighted by atomic mass is 16.7. The normalized spacial score (nSPS) is 18.5. The molecule has 0 saturated heterocycles. The summed E-state index contributed by atoms with van der Waals surface area (Å²) in [7, 11) is 0. The Kier molecular flexibility index (Phi) is 6.63. The van der Waals surface area contributed by atoms with Crippen molar-refractivity contribution in [2.75, 3.05) is 6.79 Å². The summed E-state index contributed by atoms with van der Waals surface area (Å²) in [6.07, 6.45) is 4.85. The van der Waals surface area contributed by atoms with E-state index in [1.165, 1.54) is 18.4 Å². The lowest BCUT2D eigenvalue weighted by Gasteiger charge is -2.28. The Hall–Kier alpha value is -3.02. The fraction of sp³-hybridized carbons (Fsp3) is 0.259. The zero-order valence-electron chi connectivity index (χ0n) is 16.6. The highest BCUT2D eigenvalue weighted by Crippen LogP contribution is 2.33. The molecule has 0 atom stereocenters. The van der Waals surface area contributed by atoms with Crippen LogP contribution in [-0.4, -0.2) is 12.9 Å². The van der Waals surface area contributed by atoms with Gasteiger partial charge in [-0.2, -0.15) is 0 Å². The molecule has 1 aliphatic carbocycles. The highest BCUT2D eigenvalue weighted by molar-refractivity contribution is 5.44. The first kappa shape index (κ1) is 19.3. The topological polar surface area (TPSA) is 18.5 Å². The van der Waals surface area contributed by atoms with Gasteiger partial charge in [0.2, 0.25) is 0 Å². The van der Waals surface area contributed by atoms with Crippen LogP contribution in [0.3, 0.4) is 0 Å². The number of hydrogen-bond donors (Lipinski definition) is 0. The SMILES string of the molecule is C(#Cc1ccc(OCOC2CCC(c3ccccc3)CC2)cc1)c1ccccc1. The molecule has 4 rings (SSSR count). The molecule has 3 aromatic carbocycles. The van der Waals surface area contributed by atoms with E-state index in [4.69, 9.17) is 9.47 Å². The van der Waals surface area contributed by atoms with E-state index in [2.05, 4.69) is 42.2 Å². The van der Waals surface area contributed by atoms with Crippen molar-refractivity contribution in [3.05, 3.63) is 102 Å². The van der Waals surface area contributed by atoms with Gasteiger partial charge in [-0.05, 0) is 73.6 Å². The van der Waals surface area contributed by atoms with E-state index in [-0.39, 0.29) is 0 Å². The van der Waals surface area contributed by atoms with E-state index in [1.54, 1.807) is 0 Å². The van der Waals surface area contributed by atoms with Gasteiger partial charge in [0, 0.05) is 11.1 Å². The average Bonchev–Trinajstić information content (AvgIpc) is 2.80. The van der Waals surface area contributed by atoms with Crippen LogP contribution in [0, 0.1) is 11.8 Å². The van der Waals surface area contributed by atoms with Gasteiger partial charge in [0.05, 0.1) is 6.10 Å². The molecule has 0 aliphatic heterocycles. The number of hydrogen-bond acceptors (Lipinski definition) is 2. The van der Waals surface area contributed by atoms with E-state index in [0.717, 1.165) is 29.7 Å². The van der Waals surface area contributed by atoms with Gasteiger partial charge in [0.1, 0.15) is 5.75 Å². The summed E-state index contributed by atoms with van der Waals surface area (Å²) >= 11 is 0. The van der Waals surface area contributed by atoms with Gasteiger partial charge in [-0.1, -0.05) is 60.4 Å². The van der Waals surface area contributed by atoms with Crippen LogP contribution in [0.25, 0.3) is 0 Å². The minimum Gasteiger partial charge on any atom is -0.468 e. The summed E-state index contributed by atoms with van der Waals surface area (Å²) in [6.45, 7) is 0.301. The van der Waals surface area contributed by atoms with Crippen LogP contribution in [0.5, 0.6) is 5.75 Å². The third-order valence-corrected chi connectivity index (χ3v) is 5.45. The Labute approximate surface area is 173 Å². The molecule has 0 spiro atoms. The van der Waals surface area contributed by atoms with Gasteiger partial charge < -0.3 is 9.47 Å². The lowest BCUT2D eigenvalue weighted by Crippen LogP contribution is -2.22. The number of benzene rings is 3. The predicted octanol–water partition coefficient (Wildman–Crippen LogP) is 6.17. The Morgan fingerprint density at radius 1 is 0.655 bits per heavy atom. The van der Waals surface area contributed by atoms with Crippen molar-refractivity contribution in [3.63, 3.8) is 0 Å². The van der Waals surface area contributed by atoms with E-state index < -0.39 is 0 Å². The Balaban J connectivity index is 1.20. The average molecular weight is 383 g/mol. The monoisotopic (exact) mass is 382 g/mol. The zero-order valence-corrected chi connectivity index (χ0v) is 16.6. The van der Waals surface area contributed by atoms with E-state index in [9.17, 15) is 0 Å². The predicted molar refractivity (Wildman–Crippen MR) is 117 cm³/mol. The number of ether oxygens (including phenoxy) is 2. The maximum Gasteiger partial charge on any atom is 0.189 e. The standard InChI is InChI=1S/C27H26O2/c1-3-7-22(8-4-1)11-12-23-13-17-26(18-14-23)28-21-29-27-19-15-25(16-20-27)24-9-5-2-6-10-24/h1-10,13-14,17-18,25,27H,15-16,19-21H2. The molecule has 3 aromatic rings. The molecule has 0 radical (unpaired) electrons. The summed E-state index contributed by atoms with van der Waals surface area (Å²) in [6, 6.07) is 28.7. The van der Waals surface area contributed by atoms with E-state index >= 15 is 0 Å². The molecule has 0 amide bonds. The van der Waals surface area contributed by atoms with Crippen molar-refractivity contribution in [2.45, 2.75) is 37.7 Å². The van der Waals surface area contributed by atoms with Crippen molar-refractivity contribution in [2.24, 2.45) is 0 Å². The Morgan fingerprint density at radius 3 is 1.90 bits per heavy atom. The molecule has 0 N–H and O–H groups in total. The van der Waals surface area contributed by atoms with Gasteiger partial charge in [0.15, 0.2) is 6.79 Å². The van der Waals surface area contributed by atoms with Crippen molar-refractivity contribution in [1.29, 1.82) is 0 Å². The second-order valence-electron chi connectivity index (χ2n) is 7.45. The summed E-state index contributed by atoms with van der Waals surface area (Å²) in [5, 5.41) is 0. The van der Waals surface area contributed by atoms with Crippen LogP contribution in [0.1, 0.15) is 48.3 Å². The molecule has 1 saturated carbocycles. The van der Waals surface area contributed by atoms with Crippen LogP contribution >= 0.6 is 0 Å². The summed E-state index contributed by atoms with van der Waals surface area (Å²) in [5.41, 5.74) is 3.45. The first-order valence-corrected chi connectivity index (χ1v) is 10.3. The van der Waals surface area contributed by atoms with Gasteiger partial charge in [-0.3, -0.25) is 0 Å². The minimum absolute atomic E-state index is 0.297. The second-order valence-corrected chi connectivity index (χ2v) is 7.45. The fourth-order valence-corrected chi connectivity index (χ4v) is 3.79. The van der Waals surface area contributed by atoms with Crippen molar-refractivity contribution >= 4 is 0 Å². The van der Waals surface area contributed by atoms with Crippen LogP contribution in [-0.2, 0) is 4.74 Å². The molecule has 0 heterocycles. The summed E-state index contributed by atoms with van der Waals surface area (Å²) in [5.74, 6) is 7.82. The van der Waals surface area contributed by atoms with Gasteiger partial charge in [0.25, 0.3) is 0 Å². The smallest absolute Gasteiger partial charge is 0.189 e. The first-order chi connectivity index (χ1) is 14.4. The lowest BCUT2D eigenvalue weighted by molar-refractivity contribution is -0.0516. The van der Waals surface area contributed by atoms with Crippen LogP contribution < -0.4 is 4.74 Å². The van der Waals surface area contributed by atoms with Crippen molar-refractivity contribution < 1.29 is 9.47 Å². The molecule has 0 unspecified atom stereocenters. The molecule has 29 heavy (non-hydrogen) atoms.